The van der Waals surface area contributed by atoms with Crippen LogP contribution in [-0.4, -0.2) is 47.4 Å². The second-order valence-electron chi connectivity index (χ2n) is 9.69. The molecule has 1 aromatic carbocycles. The minimum atomic E-state index is -0.874. The van der Waals surface area contributed by atoms with Crippen LogP contribution in [0.15, 0.2) is 52.9 Å². The number of aromatic nitrogens is 2. The third-order valence-electron chi connectivity index (χ3n) is 6.52. The number of nitrogens with zero attached hydrogens (tertiary/aromatic N) is 2. The Balaban J connectivity index is 1.59. The van der Waals surface area contributed by atoms with Crippen molar-refractivity contribution in [1.29, 1.82) is 0 Å². The summed E-state index contributed by atoms with van der Waals surface area (Å²) >= 11 is 0. The molecular weight excluding hydrogens is 504 g/mol. The fraction of sp³-hybridized carbons (Fsp3) is 0.464. The first-order valence-electron chi connectivity index (χ1n) is 13.0. The van der Waals surface area contributed by atoms with Crippen LogP contribution in [0, 0.1) is 10.1 Å². The molecule has 1 unspecified atom stereocenters. The van der Waals surface area contributed by atoms with Crippen LogP contribution in [0.4, 0.5) is 5.69 Å². The normalized spacial score (nSPS) is 15.3. The number of aromatic amines is 1. The molecule has 0 radical (unpaired) electrons. The highest BCUT2D eigenvalue weighted by atomic mass is 16.6. The van der Waals surface area contributed by atoms with Gasteiger partial charge in [-0.1, -0.05) is 26.0 Å². The predicted molar refractivity (Wildman–Crippen MR) is 144 cm³/mol. The molecule has 0 amide bonds. The maximum atomic E-state index is 13.3. The summed E-state index contributed by atoms with van der Waals surface area (Å²) in [6.45, 7) is 8.31. The largest absolute Gasteiger partial charge is 0.477 e. The van der Waals surface area contributed by atoms with Crippen LogP contribution >= 0.6 is 0 Å². The molecule has 1 aliphatic rings. The summed E-state index contributed by atoms with van der Waals surface area (Å²) in [4.78, 5) is 36.8. The third-order valence-corrected chi connectivity index (χ3v) is 6.52. The molecule has 0 spiro atoms. The highest BCUT2D eigenvalue weighted by Crippen LogP contribution is 2.40. The first-order chi connectivity index (χ1) is 18.6. The number of unbranched alkanes of at least 4 members (excludes halogenated alkanes) is 3. The molecule has 2 aromatic rings. The van der Waals surface area contributed by atoms with Gasteiger partial charge in [-0.3, -0.25) is 15.2 Å². The van der Waals surface area contributed by atoms with Gasteiger partial charge in [0.05, 0.1) is 42.3 Å². The minimum absolute atomic E-state index is 0.144. The number of esters is 2. The molecule has 0 bridgehead atoms. The van der Waals surface area contributed by atoms with E-state index in [1.807, 2.05) is 6.07 Å². The van der Waals surface area contributed by atoms with Crippen molar-refractivity contribution < 1.29 is 28.7 Å². The molecule has 0 saturated carbocycles. The van der Waals surface area contributed by atoms with E-state index < -0.39 is 22.8 Å². The van der Waals surface area contributed by atoms with E-state index in [1.54, 1.807) is 19.9 Å². The van der Waals surface area contributed by atoms with Gasteiger partial charge in [0.25, 0.3) is 5.69 Å². The molecular formula is C28H36N4O7. The van der Waals surface area contributed by atoms with Gasteiger partial charge in [-0.2, -0.15) is 0 Å². The number of benzene rings is 1. The van der Waals surface area contributed by atoms with Crippen molar-refractivity contribution >= 4 is 17.6 Å². The van der Waals surface area contributed by atoms with E-state index in [0.29, 0.717) is 41.8 Å². The molecule has 39 heavy (non-hydrogen) atoms. The van der Waals surface area contributed by atoms with E-state index in [9.17, 15) is 19.7 Å². The zero-order chi connectivity index (χ0) is 28.5. The number of carbonyl (C=O) groups excluding carboxylic acids is 2. The smallest absolute Gasteiger partial charge is 0.336 e. The maximum absolute atomic E-state index is 13.3. The summed E-state index contributed by atoms with van der Waals surface area (Å²) in [5.41, 5.74) is 2.75. The Kier molecular flexibility index (Phi) is 10.2. The van der Waals surface area contributed by atoms with Crippen LogP contribution in [-0.2, 0) is 19.1 Å². The van der Waals surface area contributed by atoms with E-state index in [4.69, 9.17) is 14.2 Å². The Morgan fingerprint density at radius 1 is 1.03 bits per heavy atom. The van der Waals surface area contributed by atoms with Crippen molar-refractivity contribution in [2.75, 3.05) is 20.3 Å². The minimum Gasteiger partial charge on any atom is -0.477 e. The topological polar surface area (TPSA) is 146 Å². The average Bonchev–Trinajstić information content (AvgIpc) is 3.38. The second kappa shape index (κ2) is 13.6. The van der Waals surface area contributed by atoms with Crippen molar-refractivity contribution in [3.8, 4) is 5.88 Å². The highest BCUT2D eigenvalue weighted by Gasteiger charge is 2.38. The van der Waals surface area contributed by atoms with Crippen LogP contribution < -0.4 is 10.1 Å². The number of rotatable bonds is 13. The van der Waals surface area contributed by atoms with E-state index in [2.05, 4.69) is 29.4 Å². The number of non-ortho nitro benzene ring substituents is 1. The lowest BCUT2D eigenvalue weighted by Gasteiger charge is -2.30. The van der Waals surface area contributed by atoms with Gasteiger partial charge in [0.15, 0.2) is 0 Å². The van der Waals surface area contributed by atoms with Gasteiger partial charge < -0.3 is 19.5 Å². The Morgan fingerprint density at radius 3 is 2.31 bits per heavy atom. The fourth-order valence-electron chi connectivity index (χ4n) is 4.46. The number of nitrogens with one attached hydrogen (secondary N) is 2. The van der Waals surface area contributed by atoms with Gasteiger partial charge in [-0.25, -0.2) is 9.59 Å². The molecule has 0 fully saturated rings. The van der Waals surface area contributed by atoms with Crippen LogP contribution in [0.25, 0.3) is 0 Å². The number of nitro benzene ring substituents is 1. The third kappa shape index (κ3) is 7.46. The second-order valence-corrected chi connectivity index (χ2v) is 9.69. The number of carbonyl (C=O) groups is 2. The standard InChI is InChI=1S/C28H36N4O7/c1-17(2)22-16-23(31-30-22)38-13-8-6-7-9-14-39-28(34)25-19(4)29-18(3)24(27(33)37-5)26(25)20-11-10-12-21(15-20)32(35)36/h10-12,15-17,26,29H,6-9,13-14H2,1-5H3,(H,30,31). The lowest BCUT2D eigenvalue weighted by Crippen LogP contribution is -2.32. The summed E-state index contributed by atoms with van der Waals surface area (Å²) in [7, 11) is 1.25. The van der Waals surface area contributed by atoms with Gasteiger partial charge >= 0.3 is 11.9 Å². The number of ether oxygens (including phenoxy) is 3. The molecule has 11 nitrogen and oxygen atoms in total. The summed E-state index contributed by atoms with van der Waals surface area (Å²) in [5.74, 6) is -1.15. The lowest BCUT2D eigenvalue weighted by atomic mass is 9.80. The van der Waals surface area contributed by atoms with Crippen molar-refractivity contribution in [2.45, 2.75) is 65.2 Å². The summed E-state index contributed by atoms with van der Waals surface area (Å²) in [6, 6.07) is 7.80. The fourth-order valence-corrected chi connectivity index (χ4v) is 4.46. The van der Waals surface area contributed by atoms with Crippen molar-refractivity contribution in [3.63, 3.8) is 0 Å². The Bertz CT molecular complexity index is 1260. The van der Waals surface area contributed by atoms with Gasteiger partial charge in [0.1, 0.15) is 0 Å². The van der Waals surface area contributed by atoms with Crippen molar-refractivity contribution in [1.82, 2.24) is 15.5 Å². The summed E-state index contributed by atoms with van der Waals surface area (Å²) in [5, 5.41) is 21.6. The molecule has 1 atom stereocenters. The average molecular weight is 541 g/mol. The van der Waals surface area contributed by atoms with Crippen LogP contribution in [0.5, 0.6) is 5.88 Å². The lowest BCUT2D eigenvalue weighted by molar-refractivity contribution is -0.384. The van der Waals surface area contributed by atoms with Gasteiger partial charge in [0, 0.05) is 35.3 Å². The molecule has 0 aliphatic carbocycles. The van der Waals surface area contributed by atoms with Gasteiger partial charge in [-0.15, -0.1) is 5.10 Å². The molecule has 2 N–H and O–H groups in total. The van der Waals surface area contributed by atoms with Crippen LogP contribution in [0.2, 0.25) is 0 Å². The maximum Gasteiger partial charge on any atom is 0.336 e. The number of nitro groups is 1. The van der Waals surface area contributed by atoms with Crippen LogP contribution in [0.1, 0.15) is 76.5 Å². The number of methoxy groups -OCH3 is 1. The zero-order valence-electron chi connectivity index (χ0n) is 23.0. The summed E-state index contributed by atoms with van der Waals surface area (Å²) in [6.07, 6.45) is 3.23. The first kappa shape index (κ1) is 29.4. The SMILES string of the molecule is COC(=O)C1=C(C)NC(C)=C(C(=O)OCCCCCCOc2cc(C(C)C)[nH]n2)C1c1cccc([N+](=O)[O-])c1. The van der Waals surface area contributed by atoms with Crippen molar-refractivity contribution in [2.24, 2.45) is 0 Å². The molecule has 11 heteroatoms. The zero-order valence-corrected chi connectivity index (χ0v) is 23.0. The monoisotopic (exact) mass is 540 g/mol. The van der Waals surface area contributed by atoms with Crippen molar-refractivity contribution in [3.05, 3.63) is 74.2 Å². The molecule has 210 valence electrons. The number of H-pyrrole nitrogens is 1. The van der Waals surface area contributed by atoms with E-state index in [-0.39, 0.29) is 23.4 Å². The Morgan fingerprint density at radius 2 is 1.69 bits per heavy atom. The molecule has 1 aromatic heterocycles. The molecule has 1 aliphatic heterocycles. The molecule has 0 saturated heterocycles. The molecule has 2 heterocycles. The highest BCUT2D eigenvalue weighted by molar-refractivity contribution is 5.99. The number of dihydropyridines is 1. The number of hydrogen-bond acceptors (Lipinski definition) is 9. The number of hydrogen-bond donors (Lipinski definition) is 2. The quantitative estimate of drug-likeness (QED) is 0.154. The predicted octanol–water partition coefficient (Wildman–Crippen LogP) is 5.03. The van der Waals surface area contributed by atoms with E-state index >= 15 is 0 Å². The molecule has 3 rings (SSSR count). The van der Waals surface area contributed by atoms with Gasteiger partial charge in [-0.05, 0) is 51.0 Å². The number of allylic oxidation sites excluding steroid dienone is 2. The van der Waals surface area contributed by atoms with E-state index in [1.165, 1.54) is 25.3 Å². The summed E-state index contributed by atoms with van der Waals surface area (Å²) < 4.78 is 16.2. The van der Waals surface area contributed by atoms with Gasteiger partial charge in [0.2, 0.25) is 5.88 Å². The Hall–Kier alpha value is -4.15. The van der Waals surface area contributed by atoms with E-state index in [0.717, 1.165) is 25.0 Å². The Labute approximate surface area is 227 Å². The first-order valence-corrected chi connectivity index (χ1v) is 13.0. The van der Waals surface area contributed by atoms with Crippen LogP contribution in [0.3, 0.4) is 0 Å².